The normalized spacial score (nSPS) is 11.7. The van der Waals surface area contributed by atoms with E-state index >= 15 is 0 Å². The number of ether oxygens (including phenoxy) is 1. The van der Waals surface area contributed by atoms with Crippen molar-refractivity contribution in [1.82, 2.24) is 5.01 Å². The molecule has 5 heteroatoms. The highest BCUT2D eigenvalue weighted by Crippen LogP contribution is 2.10. The molecular formula is C15H17N3O2. The lowest BCUT2D eigenvalue weighted by Gasteiger charge is -2.14. The molecule has 0 saturated heterocycles. The third-order valence-corrected chi connectivity index (χ3v) is 2.62. The Morgan fingerprint density at radius 1 is 1.45 bits per heavy atom. The fourth-order valence-corrected chi connectivity index (χ4v) is 1.42. The molecule has 0 amide bonds. The molecule has 0 spiro atoms. The van der Waals surface area contributed by atoms with Gasteiger partial charge in [-0.3, -0.25) is 5.01 Å². The second kappa shape index (κ2) is 7.74. The Balaban J connectivity index is 2.89. The Hall–Kier alpha value is -2.61. The highest BCUT2D eigenvalue weighted by molar-refractivity contribution is 5.93. The molecule has 1 aromatic rings. The largest absolute Gasteiger partial charge is 0.462 e. The van der Waals surface area contributed by atoms with Crippen LogP contribution in [0.3, 0.4) is 0 Å². The van der Waals surface area contributed by atoms with E-state index in [2.05, 4.69) is 5.10 Å². The minimum Gasteiger partial charge on any atom is -0.462 e. The van der Waals surface area contributed by atoms with Crippen LogP contribution in [0.1, 0.15) is 19.4 Å². The standard InChI is InChI=1S/C15H17N3O2/c1-4-20-15(19)14(10-16)12(2)18(3)17-11-13-8-6-5-7-9-13/h5-9,11H,4H2,1-3H3/b14-12+,17-11-. The number of nitriles is 1. The summed E-state index contributed by atoms with van der Waals surface area (Å²) in [5.74, 6) is -0.630. The second-order valence-corrected chi connectivity index (χ2v) is 3.97. The molecule has 0 N–H and O–H groups in total. The van der Waals surface area contributed by atoms with Crippen LogP contribution in [-0.2, 0) is 9.53 Å². The predicted molar refractivity (Wildman–Crippen MR) is 76.7 cm³/mol. The smallest absolute Gasteiger partial charge is 0.350 e. The Morgan fingerprint density at radius 2 is 2.10 bits per heavy atom. The van der Waals surface area contributed by atoms with Crippen molar-refractivity contribution in [2.75, 3.05) is 13.7 Å². The Bertz CT molecular complexity index is 556. The Morgan fingerprint density at radius 3 is 2.65 bits per heavy atom. The fourth-order valence-electron chi connectivity index (χ4n) is 1.42. The Kier molecular flexibility index (Phi) is 5.98. The molecule has 0 bridgehead atoms. The molecule has 0 heterocycles. The van der Waals surface area contributed by atoms with Crippen molar-refractivity contribution in [3.8, 4) is 6.07 Å². The van der Waals surface area contributed by atoms with Gasteiger partial charge in [-0.05, 0) is 19.4 Å². The summed E-state index contributed by atoms with van der Waals surface area (Å²) in [5, 5.41) is 14.7. The maximum Gasteiger partial charge on any atom is 0.350 e. The third-order valence-electron chi connectivity index (χ3n) is 2.62. The number of esters is 1. The maximum absolute atomic E-state index is 11.6. The number of rotatable bonds is 5. The molecule has 5 nitrogen and oxygen atoms in total. The van der Waals surface area contributed by atoms with Crippen molar-refractivity contribution in [1.29, 1.82) is 5.26 Å². The molecule has 0 fully saturated rings. The lowest BCUT2D eigenvalue weighted by atomic mass is 10.2. The number of hydrazone groups is 1. The molecule has 0 radical (unpaired) electrons. The summed E-state index contributed by atoms with van der Waals surface area (Å²) in [5.41, 5.74) is 1.33. The van der Waals surface area contributed by atoms with Gasteiger partial charge in [0.2, 0.25) is 0 Å². The topological polar surface area (TPSA) is 65.7 Å². The van der Waals surface area contributed by atoms with Crippen molar-refractivity contribution < 1.29 is 9.53 Å². The zero-order chi connectivity index (χ0) is 15.0. The van der Waals surface area contributed by atoms with Crippen molar-refractivity contribution in [2.24, 2.45) is 5.10 Å². The summed E-state index contributed by atoms with van der Waals surface area (Å²) in [7, 11) is 1.67. The van der Waals surface area contributed by atoms with Gasteiger partial charge in [0.1, 0.15) is 6.07 Å². The summed E-state index contributed by atoms with van der Waals surface area (Å²) >= 11 is 0. The van der Waals surface area contributed by atoms with Crippen LogP contribution < -0.4 is 0 Å². The highest BCUT2D eigenvalue weighted by Gasteiger charge is 2.15. The van der Waals surface area contributed by atoms with E-state index in [1.807, 2.05) is 36.4 Å². The number of allylic oxidation sites excluding steroid dienone is 1. The van der Waals surface area contributed by atoms with Gasteiger partial charge in [-0.2, -0.15) is 10.4 Å². The average Bonchev–Trinajstić information content (AvgIpc) is 2.46. The first kappa shape index (κ1) is 15.4. The fraction of sp³-hybridized carbons (Fsp3) is 0.267. The quantitative estimate of drug-likeness (QED) is 0.271. The predicted octanol–water partition coefficient (Wildman–Crippen LogP) is 2.31. The summed E-state index contributed by atoms with van der Waals surface area (Å²) in [6, 6.07) is 11.4. The number of hydrogen-bond donors (Lipinski definition) is 0. The van der Waals surface area contributed by atoms with Crippen molar-refractivity contribution >= 4 is 12.2 Å². The van der Waals surface area contributed by atoms with Gasteiger partial charge in [-0.15, -0.1) is 0 Å². The first-order valence-electron chi connectivity index (χ1n) is 6.21. The number of carbonyl (C=O) groups is 1. The van der Waals surface area contributed by atoms with E-state index in [4.69, 9.17) is 10.00 Å². The van der Waals surface area contributed by atoms with Crippen LogP contribution in [0, 0.1) is 11.3 Å². The molecule has 0 atom stereocenters. The molecule has 0 aliphatic heterocycles. The Labute approximate surface area is 118 Å². The van der Waals surface area contributed by atoms with Gasteiger partial charge < -0.3 is 4.74 Å². The molecule has 0 aromatic heterocycles. The van der Waals surface area contributed by atoms with Crippen LogP contribution in [0.2, 0.25) is 0 Å². The first-order valence-corrected chi connectivity index (χ1v) is 6.21. The summed E-state index contributed by atoms with van der Waals surface area (Å²) < 4.78 is 4.83. The minimum atomic E-state index is -0.630. The summed E-state index contributed by atoms with van der Waals surface area (Å²) in [6.07, 6.45) is 1.66. The monoisotopic (exact) mass is 271 g/mol. The minimum absolute atomic E-state index is 0.0421. The lowest BCUT2D eigenvalue weighted by Crippen LogP contribution is -2.16. The summed E-state index contributed by atoms with van der Waals surface area (Å²) in [6.45, 7) is 3.57. The molecule has 0 aliphatic carbocycles. The van der Waals surface area contributed by atoms with E-state index in [-0.39, 0.29) is 12.2 Å². The lowest BCUT2D eigenvalue weighted by molar-refractivity contribution is -0.138. The van der Waals surface area contributed by atoms with Gasteiger partial charge in [-0.25, -0.2) is 4.79 Å². The van der Waals surface area contributed by atoms with Gasteiger partial charge >= 0.3 is 5.97 Å². The molecule has 20 heavy (non-hydrogen) atoms. The third kappa shape index (κ3) is 4.25. The van der Waals surface area contributed by atoms with E-state index in [1.54, 1.807) is 27.1 Å². The van der Waals surface area contributed by atoms with Gasteiger partial charge in [-0.1, -0.05) is 30.3 Å². The number of nitrogens with zero attached hydrogens (tertiary/aromatic N) is 3. The van der Waals surface area contributed by atoms with E-state index < -0.39 is 5.97 Å². The zero-order valence-electron chi connectivity index (χ0n) is 11.8. The maximum atomic E-state index is 11.6. The van der Waals surface area contributed by atoms with Crippen LogP contribution in [-0.4, -0.2) is 30.8 Å². The highest BCUT2D eigenvalue weighted by atomic mass is 16.5. The average molecular weight is 271 g/mol. The van der Waals surface area contributed by atoms with Gasteiger partial charge in [0, 0.05) is 7.05 Å². The zero-order valence-corrected chi connectivity index (χ0v) is 11.8. The molecule has 104 valence electrons. The number of benzene rings is 1. The first-order chi connectivity index (χ1) is 9.60. The number of carbonyl (C=O) groups excluding carboxylic acids is 1. The number of hydrogen-bond acceptors (Lipinski definition) is 5. The van der Waals surface area contributed by atoms with Crippen LogP contribution in [0.4, 0.5) is 0 Å². The van der Waals surface area contributed by atoms with E-state index in [1.165, 1.54) is 5.01 Å². The molecule has 1 rings (SSSR count). The van der Waals surface area contributed by atoms with Crippen LogP contribution in [0.15, 0.2) is 46.7 Å². The molecular weight excluding hydrogens is 254 g/mol. The SMILES string of the molecule is CCOC(=O)/C(C#N)=C(\C)N(C)/N=C\c1ccccc1. The van der Waals surface area contributed by atoms with E-state index in [9.17, 15) is 4.79 Å². The van der Waals surface area contributed by atoms with Crippen LogP contribution in [0.5, 0.6) is 0 Å². The van der Waals surface area contributed by atoms with Crippen LogP contribution in [0.25, 0.3) is 0 Å². The van der Waals surface area contributed by atoms with Crippen LogP contribution >= 0.6 is 0 Å². The van der Waals surface area contributed by atoms with Crippen molar-refractivity contribution in [3.05, 3.63) is 47.2 Å². The van der Waals surface area contributed by atoms with Gasteiger partial charge in [0.25, 0.3) is 0 Å². The van der Waals surface area contributed by atoms with Gasteiger partial charge in [0.05, 0.1) is 18.5 Å². The molecule has 0 unspecified atom stereocenters. The van der Waals surface area contributed by atoms with E-state index in [0.29, 0.717) is 5.70 Å². The summed E-state index contributed by atoms with van der Waals surface area (Å²) in [4.78, 5) is 11.6. The molecule has 0 saturated carbocycles. The van der Waals surface area contributed by atoms with Gasteiger partial charge in [0.15, 0.2) is 5.57 Å². The van der Waals surface area contributed by atoms with Crippen molar-refractivity contribution in [3.63, 3.8) is 0 Å². The van der Waals surface area contributed by atoms with E-state index in [0.717, 1.165) is 5.56 Å². The molecule has 1 aromatic carbocycles. The van der Waals surface area contributed by atoms with Crippen molar-refractivity contribution in [2.45, 2.75) is 13.8 Å². The molecule has 0 aliphatic rings. The second-order valence-electron chi connectivity index (χ2n) is 3.97.